The second-order valence-electron chi connectivity index (χ2n) is 4.84. The van der Waals surface area contributed by atoms with Gasteiger partial charge >= 0.3 is 5.97 Å². The Morgan fingerprint density at radius 1 is 1.40 bits per heavy atom. The SMILES string of the molecule is C#CN(C(=O)c1ccc(Cl)cc1)C(CC1CC1)C(=O)O. The van der Waals surface area contributed by atoms with E-state index in [2.05, 4.69) is 6.04 Å². The topological polar surface area (TPSA) is 57.6 Å². The van der Waals surface area contributed by atoms with Gasteiger partial charge in [0.05, 0.1) is 0 Å². The quantitative estimate of drug-likeness (QED) is 0.670. The molecule has 1 unspecified atom stereocenters. The van der Waals surface area contributed by atoms with Crippen molar-refractivity contribution < 1.29 is 14.7 Å². The molecular formula is C15H14ClNO3. The van der Waals surface area contributed by atoms with Crippen LogP contribution in [-0.2, 0) is 4.79 Å². The van der Waals surface area contributed by atoms with Crippen LogP contribution in [0.5, 0.6) is 0 Å². The zero-order valence-corrected chi connectivity index (χ0v) is 11.5. The first-order valence-electron chi connectivity index (χ1n) is 6.31. The van der Waals surface area contributed by atoms with Crippen LogP contribution in [0.15, 0.2) is 24.3 Å². The van der Waals surface area contributed by atoms with Gasteiger partial charge in [0.1, 0.15) is 6.04 Å². The molecule has 1 N–H and O–H groups in total. The zero-order valence-electron chi connectivity index (χ0n) is 10.8. The van der Waals surface area contributed by atoms with Crippen LogP contribution in [-0.4, -0.2) is 27.9 Å². The Labute approximate surface area is 122 Å². The van der Waals surface area contributed by atoms with E-state index in [1.165, 1.54) is 12.1 Å². The first-order chi connectivity index (χ1) is 9.52. The van der Waals surface area contributed by atoms with Crippen molar-refractivity contribution in [3.63, 3.8) is 0 Å². The molecule has 104 valence electrons. The number of benzene rings is 1. The molecule has 5 heteroatoms. The van der Waals surface area contributed by atoms with Crippen LogP contribution in [0.25, 0.3) is 0 Å². The number of hydrogen-bond donors (Lipinski definition) is 1. The Kier molecular flexibility index (Phi) is 4.31. The van der Waals surface area contributed by atoms with Crippen LogP contribution in [0.3, 0.4) is 0 Å². The average Bonchev–Trinajstić information content (AvgIpc) is 3.23. The first-order valence-corrected chi connectivity index (χ1v) is 6.69. The minimum Gasteiger partial charge on any atom is -0.480 e. The van der Waals surface area contributed by atoms with Crippen LogP contribution >= 0.6 is 11.6 Å². The summed E-state index contributed by atoms with van der Waals surface area (Å²) in [7, 11) is 0. The van der Waals surface area contributed by atoms with Gasteiger partial charge in [-0.2, -0.15) is 0 Å². The molecule has 0 radical (unpaired) electrons. The normalized spacial score (nSPS) is 15.2. The molecule has 1 saturated carbocycles. The number of carbonyl (C=O) groups excluding carboxylic acids is 1. The summed E-state index contributed by atoms with van der Waals surface area (Å²) in [6, 6.07) is 7.43. The molecule has 1 aromatic carbocycles. The standard InChI is InChI=1S/C15H14ClNO3/c1-2-17(13(15(19)20)9-10-3-4-10)14(18)11-5-7-12(16)8-6-11/h1,5-8,10,13H,3-4,9H2,(H,19,20). The summed E-state index contributed by atoms with van der Waals surface area (Å²) in [5, 5.41) is 9.78. The molecule has 2 rings (SSSR count). The minimum atomic E-state index is -1.07. The maximum absolute atomic E-state index is 12.3. The highest BCUT2D eigenvalue weighted by atomic mass is 35.5. The number of halogens is 1. The molecule has 1 aliphatic rings. The Morgan fingerprint density at radius 3 is 2.45 bits per heavy atom. The summed E-state index contributed by atoms with van der Waals surface area (Å²) in [6.07, 6.45) is 7.74. The third-order valence-electron chi connectivity index (χ3n) is 3.30. The highest BCUT2D eigenvalue weighted by Gasteiger charge is 2.35. The number of amides is 1. The van der Waals surface area contributed by atoms with Crippen LogP contribution in [0.1, 0.15) is 29.6 Å². The predicted octanol–water partition coefficient (Wildman–Crippen LogP) is 2.63. The molecule has 1 amide bonds. The number of aliphatic carboxylic acids is 1. The van der Waals surface area contributed by atoms with Crippen molar-refractivity contribution in [3.05, 3.63) is 34.9 Å². The van der Waals surface area contributed by atoms with E-state index in [4.69, 9.17) is 18.0 Å². The lowest BCUT2D eigenvalue weighted by atomic mass is 10.1. The smallest absolute Gasteiger partial charge is 0.327 e. The molecule has 0 spiro atoms. The average molecular weight is 292 g/mol. The summed E-state index contributed by atoms with van der Waals surface area (Å²) in [6.45, 7) is 0. The van der Waals surface area contributed by atoms with E-state index in [9.17, 15) is 14.7 Å². The molecule has 0 aromatic heterocycles. The van der Waals surface area contributed by atoms with Gasteiger partial charge in [0.25, 0.3) is 5.91 Å². The highest BCUT2D eigenvalue weighted by molar-refractivity contribution is 6.30. The van der Waals surface area contributed by atoms with Gasteiger partial charge in [0.2, 0.25) is 0 Å². The van der Waals surface area contributed by atoms with E-state index in [1.807, 2.05) is 0 Å². The van der Waals surface area contributed by atoms with Crippen LogP contribution < -0.4 is 0 Å². The molecule has 20 heavy (non-hydrogen) atoms. The summed E-state index contributed by atoms with van der Waals surface area (Å²) in [5.74, 6) is -1.21. The Bertz CT molecular complexity index is 557. The fraction of sp³-hybridized carbons (Fsp3) is 0.333. The van der Waals surface area contributed by atoms with Crippen molar-refractivity contribution in [2.75, 3.05) is 0 Å². The first kappa shape index (κ1) is 14.4. The summed E-state index contributed by atoms with van der Waals surface area (Å²) in [5.41, 5.74) is 0.328. The number of carboxylic acid groups (broad SMARTS) is 1. The molecule has 1 fully saturated rings. The lowest BCUT2D eigenvalue weighted by molar-refractivity contribution is -0.141. The van der Waals surface area contributed by atoms with Crippen molar-refractivity contribution in [1.82, 2.24) is 4.90 Å². The Morgan fingerprint density at radius 2 is 2.00 bits per heavy atom. The Hall–Kier alpha value is -1.99. The van der Waals surface area contributed by atoms with E-state index < -0.39 is 17.9 Å². The number of terminal acetylenes is 1. The molecule has 1 atom stereocenters. The summed E-state index contributed by atoms with van der Waals surface area (Å²) >= 11 is 5.76. The molecule has 0 saturated heterocycles. The molecule has 0 aliphatic heterocycles. The lowest BCUT2D eigenvalue weighted by Gasteiger charge is -2.23. The van der Waals surface area contributed by atoms with E-state index in [0.717, 1.165) is 17.7 Å². The summed E-state index contributed by atoms with van der Waals surface area (Å²) < 4.78 is 0. The molecular weight excluding hydrogens is 278 g/mol. The van der Waals surface area contributed by atoms with Gasteiger partial charge in [-0.1, -0.05) is 30.9 Å². The van der Waals surface area contributed by atoms with Crippen LogP contribution in [0.4, 0.5) is 0 Å². The third-order valence-corrected chi connectivity index (χ3v) is 3.55. The minimum absolute atomic E-state index is 0.328. The van der Waals surface area contributed by atoms with Crippen molar-refractivity contribution in [1.29, 1.82) is 0 Å². The third kappa shape index (κ3) is 3.31. The van der Waals surface area contributed by atoms with Gasteiger partial charge in [-0.25, -0.2) is 4.79 Å². The van der Waals surface area contributed by atoms with Crippen molar-refractivity contribution in [2.24, 2.45) is 5.92 Å². The van der Waals surface area contributed by atoms with Crippen molar-refractivity contribution in [3.8, 4) is 12.5 Å². The number of nitrogens with zero attached hydrogens (tertiary/aromatic N) is 1. The Balaban J connectivity index is 2.20. The van der Waals surface area contributed by atoms with Crippen molar-refractivity contribution in [2.45, 2.75) is 25.3 Å². The predicted molar refractivity (Wildman–Crippen MR) is 75.2 cm³/mol. The van der Waals surface area contributed by atoms with Crippen molar-refractivity contribution >= 4 is 23.5 Å². The number of hydrogen-bond acceptors (Lipinski definition) is 2. The number of rotatable bonds is 5. The zero-order chi connectivity index (χ0) is 14.7. The van der Waals surface area contributed by atoms with Crippen LogP contribution in [0, 0.1) is 18.4 Å². The van der Waals surface area contributed by atoms with Gasteiger partial charge in [-0.3, -0.25) is 9.69 Å². The fourth-order valence-corrected chi connectivity index (χ4v) is 2.13. The molecule has 0 bridgehead atoms. The fourth-order valence-electron chi connectivity index (χ4n) is 2.01. The van der Waals surface area contributed by atoms with Gasteiger partial charge in [0.15, 0.2) is 0 Å². The van der Waals surface area contributed by atoms with E-state index in [1.54, 1.807) is 12.1 Å². The van der Waals surface area contributed by atoms with E-state index in [-0.39, 0.29) is 0 Å². The maximum Gasteiger partial charge on any atom is 0.327 e. The largest absolute Gasteiger partial charge is 0.480 e. The monoisotopic (exact) mass is 291 g/mol. The molecule has 0 heterocycles. The molecule has 1 aliphatic carbocycles. The summed E-state index contributed by atoms with van der Waals surface area (Å²) in [4.78, 5) is 24.6. The van der Waals surface area contributed by atoms with Gasteiger partial charge in [-0.15, -0.1) is 0 Å². The number of carbonyl (C=O) groups is 2. The maximum atomic E-state index is 12.3. The van der Waals surface area contributed by atoms with Gasteiger partial charge < -0.3 is 5.11 Å². The molecule has 1 aromatic rings. The van der Waals surface area contributed by atoms with E-state index >= 15 is 0 Å². The van der Waals surface area contributed by atoms with Crippen LogP contribution in [0.2, 0.25) is 5.02 Å². The van der Waals surface area contributed by atoms with E-state index in [0.29, 0.717) is 22.9 Å². The second-order valence-corrected chi connectivity index (χ2v) is 5.28. The lowest BCUT2D eigenvalue weighted by Crippen LogP contribution is -2.42. The van der Waals surface area contributed by atoms with Gasteiger partial charge in [-0.05, 0) is 36.6 Å². The van der Waals surface area contributed by atoms with Gasteiger partial charge in [0, 0.05) is 16.6 Å². The second kappa shape index (κ2) is 5.98. The number of carboxylic acids is 1. The molecule has 4 nitrogen and oxygen atoms in total. The highest BCUT2D eigenvalue weighted by Crippen LogP contribution is 2.35.